The van der Waals surface area contributed by atoms with E-state index < -0.39 is 0 Å². The highest BCUT2D eigenvalue weighted by Crippen LogP contribution is 2.29. The molecule has 0 amide bonds. The van der Waals surface area contributed by atoms with E-state index in [9.17, 15) is 0 Å². The number of halogens is 1. The van der Waals surface area contributed by atoms with E-state index in [2.05, 4.69) is 50.9 Å². The third kappa shape index (κ3) is 4.25. The predicted molar refractivity (Wildman–Crippen MR) is 103 cm³/mol. The summed E-state index contributed by atoms with van der Waals surface area (Å²) in [7, 11) is 0. The molecule has 0 saturated carbocycles. The average molecular weight is 354 g/mol. The fourth-order valence-electron chi connectivity index (χ4n) is 2.62. The first kappa shape index (κ1) is 17.2. The molecule has 3 aromatic rings. The summed E-state index contributed by atoms with van der Waals surface area (Å²) in [5, 5.41) is 15.1. The first-order chi connectivity index (χ1) is 12.0. The Hall–Kier alpha value is -2.66. The van der Waals surface area contributed by atoms with Gasteiger partial charge in [0.15, 0.2) is 5.82 Å². The van der Waals surface area contributed by atoms with Crippen LogP contribution in [0.5, 0.6) is 0 Å². The van der Waals surface area contributed by atoms with Crippen LogP contribution in [0.15, 0.2) is 42.6 Å². The molecule has 0 spiro atoms. The zero-order valence-corrected chi connectivity index (χ0v) is 15.2. The number of hydrogen-bond acceptors (Lipinski definition) is 5. The first-order valence-electron chi connectivity index (χ1n) is 8.05. The summed E-state index contributed by atoms with van der Waals surface area (Å²) in [5.41, 5.74) is 5.39. The maximum atomic E-state index is 6.33. The summed E-state index contributed by atoms with van der Waals surface area (Å²) in [6, 6.07) is 12.2. The van der Waals surface area contributed by atoms with Crippen LogP contribution in [0.3, 0.4) is 0 Å². The van der Waals surface area contributed by atoms with Crippen molar-refractivity contribution in [2.45, 2.75) is 27.3 Å². The lowest BCUT2D eigenvalue weighted by Gasteiger charge is -2.12. The topological polar surface area (TPSA) is 62.7 Å². The van der Waals surface area contributed by atoms with Gasteiger partial charge in [-0.25, -0.2) is 0 Å². The van der Waals surface area contributed by atoms with Crippen LogP contribution in [0.1, 0.15) is 22.3 Å². The molecule has 1 aromatic heterocycles. The third-order valence-corrected chi connectivity index (χ3v) is 4.25. The largest absolute Gasteiger partial charge is 0.365 e. The number of aromatic nitrogens is 3. The Labute approximate surface area is 152 Å². The molecular formula is C19H20ClN5. The van der Waals surface area contributed by atoms with Gasteiger partial charge in [0, 0.05) is 6.54 Å². The lowest BCUT2D eigenvalue weighted by molar-refractivity contribution is 0.963. The molecule has 0 fully saturated rings. The summed E-state index contributed by atoms with van der Waals surface area (Å²) in [6.45, 7) is 6.77. The number of nitrogens with one attached hydrogen (secondary N) is 2. The molecule has 6 heteroatoms. The van der Waals surface area contributed by atoms with E-state index in [4.69, 9.17) is 11.6 Å². The molecule has 0 aliphatic carbocycles. The first-order valence-corrected chi connectivity index (χ1v) is 8.42. The van der Waals surface area contributed by atoms with Crippen molar-refractivity contribution < 1.29 is 0 Å². The van der Waals surface area contributed by atoms with Gasteiger partial charge in [0.1, 0.15) is 0 Å². The van der Waals surface area contributed by atoms with Gasteiger partial charge in [-0.3, -0.25) is 0 Å². The van der Waals surface area contributed by atoms with E-state index >= 15 is 0 Å². The monoisotopic (exact) mass is 353 g/mol. The second-order valence-electron chi connectivity index (χ2n) is 6.01. The van der Waals surface area contributed by atoms with Crippen molar-refractivity contribution in [2.24, 2.45) is 0 Å². The minimum Gasteiger partial charge on any atom is -0.365 e. The Morgan fingerprint density at radius 1 is 1.04 bits per heavy atom. The van der Waals surface area contributed by atoms with Crippen molar-refractivity contribution in [1.29, 1.82) is 0 Å². The molecule has 0 bridgehead atoms. The van der Waals surface area contributed by atoms with Gasteiger partial charge in [0.25, 0.3) is 0 Å². The molecule has 0 atom stereocenters. The Kier molecular flexibility index (Phi) is 5.14. The Bertz CT molecular complexity index is 871. The third-order valence-electron chi connectivity index (χ3n) is 3.95. The fourth-order valence-corrected chi connectivity index (χ4v) is 2.99. The Morgan fingerprint density at radius 2 is 1.84 bits per heavy atom. The zero-order valence-electron chi connectivity index (χ0n) is 14.5. The molecule has 25 heavy (non-hydrogen) atoms. The van der Waals surface area contributed by atoms with Crippen LogP contribution in [-0.2, 0) is 6.54 Å². The SMILES string of the molecule is Cc1cc(C)c(Nc2nncc(NCc3ccccc3C)n2)c(Cl)c1. The van der Waals surface area contributed by atoms with E-state index in [0.29, 0.717) is 23.3 Å². The van der Waals surface area contributed by atoms with Crippen LogP contribution >= 0.6 is 11.6 Å². The predicted octanol–water partition coefficient (Wildman–Crippen LogP) is 4.81. The molecule has 0 unspecified atom stereocenters. The van der Waals surface area contributed by atoms with E-state index in [-0.39, 0.29) is 0 Å². The standard InChI is InChI=1S/C19H20ClN5/c1-12-8-14(3)18(16(20)9-12)24-19-23-17(11-22-25-19)21-10-15-7-5-4-6-13(15)2/h4-9,11H,10H2,1-3H3,(H2,21,23,24,25). The van der Waals surface area contributed by atoms with Crippen molar-refractivity contribution in [3.63, 3.8) is 0 Å². The van der Waals surface area contributed by atoms with Crippen LogP contribution in [-0.4, -0.2) is 15.2 Å². The summed E-state index contributed by atoms with van der Waals surface area (Å²) >= 11 is 6.33. The minimum absolute atomic E-state index is 0.406. The summed E-state index contributed by atoms with van der Waals surface area (Å²) in [6.07, 6.45) is 1.60. The minimum atomic E-state index is 0.406. The number of benzene rings is 2. The van der Waals surface area contributed by atoms with Gasteiger partial charge in [-0.15, -0.1) is 5.10 Å². The van der Waals surface area contributed by atoms with Crippen LogP contribution in [0, 0.1) is 20.8 Å². The summed E-state index contributed by atoms with van der Waals surface area (Å²) in [4.78, 5) is 4.46. The van der Waals surface area contributed by atoms with Gasteiger partial charge >= 0.3 is 0 Å². The van der Waals surface area contributed by atoms with E-state index in [1.165, 1.54) is 11.1 Å². The van der Waals surface area contributed by atoms with Gasteiger partial charge in [0.2, 0.25) is 5.95 Å². The molecule has 2 aromatic carbocycles. The van der Waals surface area contributed by atoms with Gasteiger partial charge < -0.3 is 10.6 Å². The lowest BCUT2D eigenvalue weighted by Crippen LogP contribution is -2.07. The zero-order chi connectivity index (χ0) is 17.8. The molecule has 128 valence electrons. The van der Waals surface area contributed by atoms with Crippen LogP contribution < -0.4 is 10.6 Å². The Morgan fingerprint density at radius 3 is 2.60 bits per heavy atom. The molecule has 0 saturated heterocycles. The smallest absolute Gasteiger partial charge is 0.249 e. The highest BCUT2D eigenvalue weighted by Gasteiger charge is 2.08. The quantitative estimate of drug-likeness (QED) is 0.689. The van der Waals surface area contributed by atoms with Gasteiger partial charge in [-0.2, -0.15) is 10.1 Å². The highest BCUT2D eigenvalue weighted by molar-refractivity contribution is 6.33. The number of anilines is 3. The van der Waals surface area contributed by atoms with Gasteiger partial charge in [-0.05, 0) is 49.1 Å². The van der Waals surface area contributed by atoms with Crippen molar-refractivity contribution in [2.75, 3.05) is 10.6 Å². The average Bonchev–Trinajstić information content (AvgIpc) is 2.58. The molecule has 3 rings (SSSR count). The highest BCUT2D eigenvalue weighted by atomic mass is 35.5. The molecule has 5 nitrogen and oxygen atoms in total. The number of hydrogen-bond donors (Lipinski definition) is 2. The summed E-state index contributed by atoms with van der Waals surface area (Å²) < 4.78 is 0. The molecule has 1 heterocycles. The van der Waals surface area contributed by atoms with E-state index in [1.807, 2.05) is 32.0 Å². The van der Waals surface area contributed by atoms with Crippen LogP contribution in [0.2, 0.25) is 5.02 Å². The second-order valence-corrected chi connectivity index (χ2v) is 6.42. The van der Waals surface area contributed by atoms with Crippen molar-refractivity contribution in [1.82, 2.24) is 15.2 Å². The lowest BCUT2D eigenvalue weighted by atomic mass is 10.1. The van der Waals surface area contributed by atoms with Gasteiger partial charge in [0.05, 0.1) is 16.9 Å². The molecular weight excluding hydrogens is 334 g/mol. The fraction of sp³-hybridized carbons (Fsp3) is 0.211. The van der Waals surface area contributed by atoms with Crippen LogP contribution in [0.25, 0.3) is 0 Å². The normalized spacial score (nSPS) is 10.6. The maximum absolute atomic E-state index is 6.33. The molecule has 0 aliphatic rings. The second kappa shape index (κ2) is 7.49. The Balaban J connectivity index is 1.75. The van der Waals surface area contributed by atoms with Crippen molar-refractivity contribution in [3.8, 4) is 0 Å². The van der Waals surface area contributed by atoms with Crippen molar-refractivity contribution >= 4 is 29.1 Å². The maximum Gasteiger partial charge on any atom is 0.249 e. The van der Waals surface area contributed by atoms with E-state index in [1.54, 1.807) is 6.20 Å². The number of nitrogens with zero attached hydrogens (tertiary/aromatic N) is 3. The van der Waals surface area contributed by atoms with Crippen LogP contribution in [0.4, 0.5) is 17.5 Å². The molecule has 0 aliphatic heterocycles. The molecule has 0 radical (unpaired) electrons. The summed E-state index contributed by atoms with van der Waals surface area (Å²) in [5.74, 6) is 1.06. The number of aryl methyl sites for hydroxylation is 3. The van der Waals surface area contributed by atoms with Gasteiger partial charge in [-0.1, -0.05) is 41.9 Å². The molecule has 2 N–H and O–H groups in total. The van der Waals surface area contributed by atoms with Crippen molar-refractivity contribution in [3.05, 3.63) is 69.9 Å². The number of rotatable bonds is 5. The van der Waals surface area contributed by atoms with E-state index in [0.717, 1.165) is 16.8 Å².